The van der Waals surface area contributed by atoms with Gasteiger partial charge in [0, 0.05) is 13.5 Å². The summed E-state index contributed by atoms with van der Waals surface area (Å²) in [6.07, 6.45) is 0.635. The third-order valence-electron chi connectivity index (χ3n) is 2.58. The summed E-state index contributed by atoms with van der Waals surface area (Å²) < 4.78 is 6.72. The van der Waals surface area contributed by atoms with Crippen molar-refractivity contribution in [1.29, 1.82) is 5.26 Å². The zero-order valence-corrected chi connectivity index (χ0v) is 9.71. The number of hydrogen-bond donors (Lipinski definition) is 0. The van der Waals surface area contributed by atoms with Crippen molar-refractivity contribution >= 4 is 0 Å². The average molecular weight is 228 g/mol. The molecule has 0 saturated carbocycles. The van der Waals surface area contributed by atoms with Crippen molar-refractivity contribution in [3.63, 3.8) is 0 Å². The molecule has 2 aromatic rings. The molecule has 2 rings (SSSR count). The summed E-state index contributed by atoms with van der Waals surface area (Å²) in [6.45, 7) is 0. The summed E-state index contributed by atoms with van der Waals surface area (Å²) in [5, 5.41) is 16.5. The van der Waals surface area contributed by atoms with Gasteiger partial charge in [-0.25, -0.2) is 0 Å². The molecule has 0 aliphatic carbocycles. The summed E-state index contributed by atoms with van der Waals surface area (Å²) in [5.41, 5.74) is 2.29. The van der Waals surface area contributed by atoms with Crippen LogP contribution >= 0.6 is 0 Å². The number of aromatic nitrogens is 3. The molecule has 86 valence electrons. The Morgan fingerprint density at radius 2 is 2.06 bits per heavy atom. The molecule has 1 aromatic heterocycles. The summed E-state index contributed by atoms with van der Waals surface area (Å²) >= 11 is 0. The van der Waals surface area contributed by atoms with Gasteiger partial charge < -0.3 is 4.74 Å². The van der Waals surface area contributed by atoms with Crippen LogP contribution < -0.4 is 4.74 Å². The molecule has 5 heteroatoms. The summed E-state index contributed by atoms with van der Waals surface area (Å²) in [5.74, 6) is 0.817. The molecule has 1 aromatic carbocycles. The maximum absolute atomic E-state index is 8.91. The van der Waals surface area contributed by atoms with E-state index in [4.69, 9.17) is 10.00 Å². The fourth-order valence-electron chi connectivity index (χ4n) is 1.60. The first-order valence-corrected chi connectivity index (χ1v) is 5.16. The third-order valence-corrected chi connectivity index (χ3v) is 2.58. The van der Waals surface area contributed by atoms with E-state index in [0.29, 0.717) is 12.1 Å². The first kappa shape index (κ1) is 11.1. The van der Waals surface area contributed by atoms with Crippen molar-refractivity contribution in [2.45, 2.75) is 6.42 Å². The van der Waals surface area contributed by atoms with E-state index in [-0.39, 0.29) is 0 Å². The van der Waals surface area contributed by atoms with E-state index >= 15 is 0 Å². The normalized spacial score (nSPS) is 9.94. The van der Waals surface area contributed by atoms with E-state index < -0.39 is 0 Å². The molecule has 0 aliphatic rings. The van der Waals surface area contributed by atoms with Gasteiger partial charge in [-0.2, -0.15) is 5.26 Å². The largest absolute Gasteiger partial charge is 0.497 e. The average Bonchev–Trinajstić information content (AvgIpc) is 2.71. The number of aryl methyl sites for hydroxylation is 1. The zero-order chi connectivity index (χ0) is 12.3. The van der Waals surface area contributed by atoms with Gasteiger partial charge in [0.15, 0.2) is 5.69 Å². The van der Waals surface area contributed by atoms with Crippen molar-refractivity contribution in [3.05, 3.63) is 41.2 Å². The van der Waals surface area contributed by atoms with E-state index in [0.717, 1.165) is 17.0 Å². The van der Waals surface area contributed by atoms with Gasteiger partial charge in [0.1, 0.15) is 11.8 Å². The third kappa shape index (κ3) is 2.26. The lowest BCUT2D eigenvalue weighted by molar-refractivity contribution is 0.414. The Labute approximate surface area is 99.2 Å². The zero-order valence-electron chi connectivity index (χ0n) is 9.71. The topological polar surface area (TPSA) is 63.7 Å². The number of ether oxygens (including phenoxy) is 1. The van der Waals surface area contributed by atoms with Crippen molar-refractivity contribution in [3.8, 4) is 11.8 Å². The minimum atomic E-state index is 0.378. The minimum Gasteiger partial charge on any atom is -0.497 e. The van der Waals surface area contributed by atoms with Gasteiger partial charge in [0.05, 0.1) is 12.8 Å². The highest BCUT2D eigenvalue weighted by molar-refractivity contribution is 5.33. The predicted molar refractivity (Wildman–Crippen MR) is 61.5 cm³/mol. The van der Waals surface area contributed by atoms with E-state index in [1.165, 1.54) is 0 Å². The van der Waals surface area contributed by atoms with Crippen molar-refractivity contribution < 1.29 is 4.74 Å². The Morgan fingerprint density at radius 3 is 2.65 bits per heavy atom. The van der Waals surface area contributed by atoms with Gasteiger partial charge >= 0.3 is 0 Å². The molecule has 1 heterocycles. The highest BCUT2D eigenvalue weighted by Gasteiger charge is 2.10. The van der Waals surface area contributed by atoms with Gasteiger partial charge in [-0.15, -0.1) is 5.10 Å². The Kier molecular flexibility index (Phi) is 3.06. The van der Waals surface area contributed by atoms with E-state index in [1.54, 1.807) is 18.8 Å². The van der Waals surface area contributed by atoms with Crippen LogP contribution in [0.3, 0.4) is 0 Å². The highest BCUT2D eigenvalue weighted by Crippen LogP contribution is 2.15. The second-order valence-electron chi connectivity index (χ2n) is 3.65. The van der Waals surface area contributed by atoms with Crippen molar-refractivity contribution in [2.75, 3.05) is 7.11 Å². The van der Waals surface area contributed by atoms with Crippen LogP contribution in [-0.2, 0) is 13.5 Å². The van der Waals surface area contributed by atoms with Gasteiger partial charge in [0.2, 0.25) is 0 Å². The number of hydrogen-bond acceptors (Lipinski definition) is 4. The van der Waals surface area contributed by atoms with Crippen LogP contribution in [0.25, 0.3) is 0 Å². The van der Waals surface area contributed by atoms with Gasteiger partial charge in [-0.05, 0) is 17.7 Å². The maximum atomic E-state index is 8.91. The van der Waals surface area contributed by atoms with Crippen LogP contribution in [0.2, 0.25) is 0 Å². The van der Waals surface area contributed by atoms with Crippen LogP contribution in [0, 0.1) is 11.3 Å². The maximum Gasteiger partial charge on any atom is 0.186 e. The molecule has 0 amide bonds. The number of benzene rings is 1. The lowest BCUT2D eigenvalue weighted by Crippen LogP contribution is -2.00. The molecule has 0 saturated heterocycles. The molecule has 0 N–H and O–H groups in total. The summed E-state index contributed by atoms with van der Waals surface area (Å²) in [4.78, 5) is 0. The molecular weight excluding hydrogens is 216 g/mol. The van der Waals surface area contributed by atoms with Crippen LogP contribution in [-0.4, -0.2) is 22.1 Å². The molecular formula is C12H12N4O. The fourth-order valence-corrected chi connectivity index (χ4v) is 1.60. The standard InChI is InChI=1S/C12H12N4O/c1-16-12(11(8-13)14-15-16)7-9-3-5-10(17-2)6-4-9/h3-6H,7H2,1-2H3. The van der Waals surface area contributed by atoms with Gasteiger partial charge in [-0.3, -0.25) is 4.68 Å². The molecule has 17 heavy (non-hydrogen) atoms. The van der Waals surface area contributed by atoms with Crippen LogP contribution in [0.4, 0.5) is 0 Å². The van der Waals surface area contributed by atoms with Gasteiger partial charge in [-0.1, -0.05) is 17.3 Å². The molecule has 0 spiro atoms. The highest BCUT2D eigenvalue weighted by atomic mass is 16.5. The minimum absolute atomic E-state index is 0.378. The van der Waals surface area contributed by atoms with E-state index in [1.807, 2.05) is 30.3 Å². The Morgan fingerprint density at radius 1 is 1.35 bits per heavy atom. The lowest BCUT2D eigenvalue weighted by atomic mass is 10.1. The van der Waals surface area contributed by atoms with Gasteiger partial charge in [0.25, 0.3) is 0 Å². The SMILES string of the molecule is COc1ccc(Cc2c(C#N)nnn2C)cc1. The molecule has 0 atom stereocenters. The van der Waals surface area contributed by atoms with Crippen LogP contribution in [0.15, 0.2) is 24.3 Å². The summed E-state index contributed by atoms with van der Waals surface area (Å²) in [7, 11) is 3.42. The van der Waals surface area contributed by atoms with Crippen molar-refractivity contribution in [1.82, 2.24) is 15.0 Å². The summed E-state index contributed by atoms with van der Waals surface area (Å²) in [6, 6.07) is 9.76. The number of nitrogens with zero attached hydrogens (tertiary/aromatic N) is 4. The van der Waals surface area contributed by atoms with Crippen LogP contribution in [0.1, 0.15) is 17.0 Å². The second-order valence-corrected chi connectivity index (χ2v) is 3.65. The number of rotatable bonds is 3. The Hall–Kier alpha value is -2.35. The van der Waals surface area contributed by atoms with Crippen LogP contribution in [0.5, 0.6) is 5.75 Å². The number of nitriles is 1. The molecule has 0 bridgehead atoms. The molecule has 0 radical (unpaired) electrons. The predicted octanol–water partition coefficient (Wildman–Crippen LogP) is 1.29. The Balaban J connectivity index is 2.25. The second kappa shape index (κ2) is 4.66. The smallest absolute Gasteiger partial charge is 0.186 e. The van der Waals surface area contributed by atoms with E-state index in [9.17, 15) is 0 Å². The van der Waals surface area contributed by atoms with Crippen molar-refractivity contribution in [2.24, 2.45) is 7.05 Å². The Bertz CT molecular complexity index is 551. The quantitative estimate of drug-likeness (QED) is 0.794. The number of methoxy groups -OCH3 is 1. The fraction of sp³-hybridized carbons (Fsp3) is 0.250. The molecule has 0 unspecified atom stereocenters. The first-order valence-electron chi connectivity index (χ1n) is 5.16. The molecule has 0 fully saturated rings. The monoisotopic (exact) mass is 228 g/mol. The van der Waals surface area contributed by atoms with E-state index in [2.05, 4.69) is 10.3 Å². The first-order chi connectivity index (χ1) is 8.24. The molecule has 5 nitrogen and oxygen atoms in total. The lowest BCUT2D eigenvalue weighted by Gasteiger charge is -2.03. The molecule has 0 aliphatic heterocycles.